The van der Waals surface area contributed by atoms with E-state index in [1.165, 1.54) is 5.56 Å². The zero-order valence-corrected chi connectivity index (χ0v) is 11.4. The molecule has 0 radical (unpaired) electrons. The average molecular weight is 277 g/mol. The van der Waals surface area contributed by atoms with Crippen molar-refractivity contribution in [2.45, 2.75) is 25.8 Å². The molecule has 1 aliphatic heterocycles. The number of benzene rings is 1. The Balaban J connectivity index is 1.78. The van der Waals surface area contributed by atoms with Gasteiger partial charge in [0, 0.05) is 13.0 Å². The molecule has 0 saturated heterocycles. The number of hydrogen-bond donors (Lipinski definition) is 3. The van der Waals surface area contributed by atoms with Crippen LogP contribution in [0, 0.1) is 0 Å². The lowest BCUT2D eigenvalue weighted by Crippen LogP contribution is -2.47. The predicted octanol–water partition coefficient (Wildman–Crippen LogP) is 0.337. The second-order valence-corrected chi connectivity index (χ2v) is 4.81. The van der Waals surface area contributed by atoms with Crippen LogP contribution in [0.2, 0.25) is 0 Å². The highest BCUT2D eigenvalue weighted by Crippen LogP contribution is 2.25. The van der Waals surface area contributed by atoms with Crippen LogP contribution in [0.25, 0.3) is 0 Å². The topological polar surface area (TPSA) is 93.5 Å². The number of nitrogens with one attached hydrogen (secondary N) is 2. The molecule has 0 spiro atoms. The summed E-state index contributed by atoms with van der Waals surface area (Å²) in [6.45, 7) is 2.85. The molecule has 1 aromatic rings. The number of amides is 3. The molecule has 0 unspecified atom stereocenters. The van der Waals surface area contributed by atoms with Gasteiger partial charge in [-0.25, -0.2) is 4.79 Å². The van der Waals surface area contributed by atoms with Crippen LogP contribution in [0.3, 0.4) is 0 Å². The van der Waals surface area contributed by atoms with E-state index in [9.17, 15) is 9.59 Å². The lowest BCUT2D eigenvalue weighted by molar-refractivity contribution is -0.122. The van der Waals surface area contributed by atoms with Crippen LogP contribution in [-0.4, -0.2) is 31.1 Å². The predicted molar refractivity (Wildman–Crippen MR) is 74.5 cm³/mol. The van der Waals surface area contributed by atoms with Crippen LogP contribution in [-0.2, 0) is 17.6 Å². The number of carbonyl (C=O) groups excluding carboxylic acids is 2. The monoisotopic (exact) mass is 277 g/mol. The second kappa shape index (κ2) is 6.27. The Hall–Kier alpha value is -2.24. The maximum absolute atomic E-state index is 11.7. The van der Waals surface area contributed by atoms with Crippen molar-refractivity contribution in [2.24, 2.45) is 5.73 Å². The second-order valence-electron chi connectivity index (χ2n) is 4.81. The molecule has 6 heteroatoms. The van der Waals surface area contributed by atoms with Crippen LogP contribution in [0.4, 0.5) is 4.79 Å². The van der Waals surface area contributed by atoms with Crippen molar-refractivity contribution in [1.29, 1.82) is 0 Å². The Morgan fingerprint density at radius 2 is 2.25 bits per heavy atom. The first kappa shape index (κ1) is 14.2. The Morgan fingerprint density at radius 1 is 1.45 bits per heavy atom. The summed E-state index contributed by atoms with van der Waals surface area (Å²) in [5.74, 6) is 0.713. The Labute approximate surface area is 117 Å². The summed E-state index contributed by atoms with van der Waals surface area (Å²) in [4.78, 5) is 22.3. The third-order valence-electron chi connectivity index (χ3n) is 3.22. The van der Waals surface area contributed by atoms with Crippen LogP contribution in [0.1, 0.15) is 18.1 Å². The Kier molecular flexibility index (Phi) is 4.45. The molecule has 108 valence electrons. The van der Waals surface area contributed by atoms with Crippen LogP contribution in [0.5, 0.6) is 5.75 Å². The largest absolute Gasteiger partial charge is 0.493 e. The molecule has 0 fully saturated rings. The maximum atomic E-state index is 11.7. The summed E-state index contributed by atoms with van der Waals surface area (Å²) in [6.07, 6.45) is 1.68. The van der Waals surface area contributed by atoms with Crippen molar-refractivity contribution < 1.29 is 14.3 Å². The van der Waals surface area contributed by atoms with Crippen LogP contribution < -0.4 is 21.1 Å². The van der Waals surface area contributed by atoms with E-state index in [0.29, 0.717) is 6.54 Å². The summed E-state index contributed by atoms with van der Waals surface area (Å²) in [5, 5.41) is 5.10. The summed E-state index contributed by atoms with van der Waals surface area (Å²) in [5.41, 5.74) is 7.34. The molecule has 1 aromatic carbocycles. The summed E-state index contributed by atoms with van der Waals surface area (Å²) >= 11 is 0. The fraction of sp³-hybridized carbons (Fsp3) is 0.429. The first-order valence-electron chi connectivity index (χ1n) is 6.64. The molecule has 1 aliphatic rings. The zero-order chi connectivity index (χ0) is 14.5. The van der Waals surface area contributed by atoms with E-state index in [1.54, 1.807) is 6.92 Å². The van der Waals surface area contributed by atoms with E-state index in [2.05, 4.69) is 16.7 Å². The molecule has 4 N–H and O–H groups in total. The fourth-order valence-corrected chi connectivity index (χ4v) is 2.16. The number of primary amides is 1. The molecule has 0 bridgehead atoms. The molecule has 1 atom stereocenters. The highest BCUT2D eigenvalue weighted by Gasteiger charge is 2.14. The van der Waals surface area contributed by atoms with Crippen molar-refractivity contribution in [1.82, 2.24) is 10.6 Å². The summed E-state index contributed by atoms with van der Waals surface area (Å²) < 4.78 is 5.44. The normalized spacial score (nSPS) is 14.1. The van der Waals surface area contributed by atoms with Gasteiger partial charge in [-0.3, -0.25) is 4.79 Å². The van der Waals surface area contributed by atoms with Crippen LogP contribution in [0.15, 0.2) is 18.2 Å². The number of rotatable bonds is 5. The highest BCUT2D eigenvalue weighted by molar-refractivity contribution is 5.86. The first-order valence-corrected chi connectivity index (χ1v) is 6.64. The number of ether oxygens (including phenoxy) is 1. The van der Waals surface area contributed by atoms with Crippen molar-refractivity contribution in [3.8, 4) is 5.75 Å². The molecular weight excluding hydrogens is 258 g/mol. The van der Waals surface area contributed by atoms with E-state index in [-0.39, 0.29) is 5.91 Å². The molecule has 0 saturated carbocycles. The summed E-state index contributed by atoms with van der Waals surface area (Å²) in [7, 11) is 0. The minimum atomic E-state index is -0.703. The van der Waals surface area contributed by atoms with Gasteiger partial charge in [-0.15, -0.1) is 0 Å². The number of nitrogens with two attached hydrogens (primary N) is 1. The zero-order valence-electron chi connectivity index (χ0n) is 11.4. The lowest BCUT2D eigenvalue weighted by atomic mass is 10.1. The maximum Gasteiger partial charge on any atom is 0.312 e. The molecule has 2 rings (SSSR count). The lowest BCUT2D eigenvalue weighted by Gasteiger charge is -2.12. The Morgan fingerprint density at radius 3 is 3.00 bits per heavy atom. The van der Waals surface area contributed by atoms with Crippen molar-refractivity contribution in [2.75, 3.05) is 13.2 Å². The quantitative estimate of drug-likeness (QED) is 0.724. The fourth-order valence-electron chi connectivity index (χ4n) is 2.16. The van der Waals surface area contributed by atoms with E-state index >= 15 is 0 Å². The third kappa shape index (κ3) is 3.63. The van der Waals surface area contributed by atoms with Gasteiger partial charge in [-0.1, -0.05) is 12.1 Å². The van der Waals surface area contributed by atoms with Gasteiger partial charge in [-0.05, 0) is 30.5 Å². The van der Waals surface area contributed by atoms with Gasteiger partial charge in [-0.2, -0.15) is 0 Å². The molecule has 1 heterocycles. The molecular formula is C14H19N3O3. The van der Waals surface area contributed by atoms with E-state index < -0.39 is 12.1 Å². The number of fused-ring (bicyclic) bond motifs is 1. The van der Waals surface area contributed by atoms with Gasteiger partial charge in [0.05, 0.1) is 6.61 Å². The van der Waals surface area contributed by atoms with E-state index in [0.717, 1.165) is 30.8 Å². The SMILES string of the molecule is C[C@H](NC(N)=O)C(=O)NCCc1ccc2c(c1)CCO2. The van der Waals surface area contributed by atoms with Gasteiger partial charge in [0.15, 0.2) is 0 Å². The van der Waals surface area contributed by atoms with Gasteiger partial charge < -0.3 is 21.1 Å². The standard InChI is InChI=1S/C14H19N3O3/c1-9(17-14(15)19)13(18)16-6-4-10-2-3-12-11(8-10)5-7-20-12/h2-3,8-9H,4-7H2,1H3,(H,16,18)(H3,15,17,19)/t9-/m0/s1. The summed E-state index contributed by atoms with van der Waals surface area (Å²) in [6, 6.07) is 4.75. The van der Waals surface area contributed by atoms with Gasteiger partial charge >= 0.3 is 6.03 Å². The molecule has 6 nitrogen and oxygen atoms in total. The average Bonchev–Trinajstić information content (AvgIpc) is 2.85. The first-order chi connectivity index (χ1) is 9.56. The minimum absolute atomic E-state index is 0.242. The number of hydrogen-bond acceptors (Lipinski definition) is 3. The minimum Gasteiger partial charge on any atom is -0.493 e. The van der Waals surface area contributed by atoms with Gasteiger partial charge in [0.1, 0.15) is 11.8 Å². The van der Waals surface area contributed by atoms with Gasteiger partial charge in [0.2, 0.25) is 5.91 Å². The molecule has 3 amide bonds. The van der Waals surface area contributed by atoms with E-state index in [1.807, 2.05) is 12.1 Å². The van der Waals surface area contributed by atoms with Crippen molar-refractivity contribution >= 4 is 11.9 Å². The van der Waals surface area contributed by atoms with Gasteiger partial charge in [0.25, 0.3) is 0 Å². The molecule has 20 heavy (non-hydrogen) atoms. The molecule has 0 aliphatic carbocycles. The van der Waals surface area contributed by atoms with Crippen molar-refractivity contribution in [3.05, 3.63) is 29.3 Å². The smallest absolute Gasteiger partial charge is 0.312 e. The third-order valence-corrected chi connectivity index (χ3v) is 3.22. The Bertz CT molecular complexity index is 516. The van der Waals surface area contributed by atoms with E-state index in [4.69, 9.17) is 10.5 Å². The van der Waals surface area contributed by atoms with Crippen molar-refractivity contribution in [3.63, 3.8) is 0 Å². The molecule has 0 aromatic heterocycles. The van der Waals surface area contributed by atoms with Crippen LogP contribution >= 0.6 is 0 Å². The number of urea groups is 1. The number of carbonyl (C=O) groups is 2. The highest BCUT2D eigenvalue weighted by atomic mass is 16.5.